The van der Waals surface area contributed by atoms with Crippen LogP contribution in [-0.2, 0) is 31.8 Å². The summed E-state index contributed by atoms with van der Waals surface area (Å²) >= 11 is 0. The molecule has 1 saturated heterocycles. The van der Waals surface area contributed by atoms with Crippen molar-refractivity contribution in [2.45, 2.75) is 44.6 Å². The van der Waals surface area contributed by atoms with Gasteiger partial charge in [-0.1, -0.05) is 12.1 Å². The fraction of sp³-hybridized carbons (Fsp3) is 0.421. The summed E-state index contributed by atoms with van der Waals surface area (Å²) in [6.07, 6.45) is -6.29. The first-order valence-corrected chi connectivity index (χ1v) is 9.12. The normalized spacial score (nSPS) is 21.3. The first-order chi connectivity index (χ1) is 14.5. The third-order valence-electron chi connectivity index (χ3n) is 4.61. The molecular formula is C19H18F4N2O6. The molecule has 8 nitrogen and oxygen atoms in total. The van der Waals surface area contributed by atoms with E-state index in [1.54, 1.807) is 0 Å². The molecular weight excluding hydrogens is 428 g/mol. The molecule has 0 bridgehead atoms. The van der Waals surface area contributed by atoms with Crippen molar-refractivity contribution >= 4 is 5.97 Å². The summed E-state index contributed by atoms with van der Waals surface area (Å²) in [7, 11) is 0. The first-order valence-electron chi connectivity index (χ1n) is 9.12. The van der Waals surface area contributed by atoms with Crippen molar-refractivity contribution in [1.29, 1.82) is 0 Å². The Morgan fingerprint density at radius 3 is 2.55 bits per heavy atom. The second-order valence-corrected chi connectivity index (χ2v) is 6.86. The number of halogens is 4. The number of hydrogen-bond acceptors (Lipinski definition) is 6. The molecule has 1 N–H and O–H groups in total. The highest BCUT2D eigenvalue weighted by atomic mass is 19.4. The number of rotatable bonds is 6. The lowest BCUT2D eigenvalue weighted by Crippen LogP contribution is -2.34. The molecule has 0 radical (unpaired) electrons. The van der Waals surface area contributed by atoms with Crippen LogP contribution in [0.2, 0.25) is 0 Å². The average molecular weight is 446 g/mol. The number of benzene rings is 1. The van der Waals surface area contributed by atoms with E-state index in [2.05, 4.69) is 0 Å². The molecule has 1 aliphatic rings. The zero-order chi connectivity index (χ0) is 22.8. The molecule has 1 unspecified atom stereocenters. The molecule has 0 amide bonds. The van der Waals surface area contributed by atoms with E-state index >= 15 is 0 Å². The zero-order valence-electron chi connectivity index (χ0n) is 16.1. The Hall–Kier alpha value is -2.99. The predicted octanol–water partition coefficient (Wildman–Crippen LogP) is 2.13. The molecule has 12 heteroatoms. The van der Waals surface area contributed by atoms with Gasteiger partial charge in [0.15, 0.2) is 0 Å². The molecule has 1 fully saturated rings. The second-order valence-electron chi connectivity index (χ2n) is 6.86. The number of carbonyl (C=O) groups is 1. The largest absolute Gasteiger partial charge is 0.463 e. The fourth-order valence-electron chi connectivity index (χ4n) is 3.06. The maximum absolute atomic E-state index is 13.6. The molecule has 3 rings (SSSR count). The predicted molar refractivity (Wildman–Crippen MR) is 96.5 cm³/mol. The van der Waals surface area contributed by atoms with Gasteiger partial charge in [0, 0.05) is 13.3 Å². The maximum atomic E-state index is 13.6. The minimum absolute atomic E-state index is 0.0396. The lowest BCUT2D eigenvalue weighted by molar-refractivity contribution is -0.148. The molecule has 2 heterocycles. The SMILES string of the molecule is CC(=O)OC[C@@H]1O[C@H](n2cc(F)c(=O)[nH]c2=O)CC1OCc1ccc(C(F)(F)F)cc1. The smallest absolute Gasteiger partial charge is 0.416 e. The summed E-state index contributed by atoms with van der Waals surface area (Å²) in [5, 5.41) is 0. The Morgan fingerprint density at radius 2 is 1.94 bits per heavy atom. The number of nitrogens with one attached hydrogen (secondary N) is 1. The molecule has 0 spiro atoms. The average Bonchev–Trinajstić information content (AvgIpc) is 3.10. The number of hydrogen-bond donors (Lipinski definition) is 1. The molecule has 168 valence electrons. The molecule has 3 atom stereocenters. The van der Waals surface area contributed by atoms with Crippen LogP contribution in [0.4, 0.5) is 17.6 Å². The number of carbonyl (C=O) groups excluding carboxylic acids is 1. The lowest BCUT2D eigenvalue weighted by Gasteiger charge is -2.18. The van der Waals surface area contributed by atoms with Crippen LogP contribution < -0.4 is 11.2 Å². The van der Waals surface area contributed by atoms with Gasteiger partial charge >= 0.3 is 17.8 Å². The Balaban J connectivity index is 1.73. The molecule has 2 aromatic rings. The van der Waals surface area contributed by atoms with E-state index in [4.69, 9.17) is 14.2 Å². The van der Waals surface area contributed by atoms with Gasteiger partial charge in [0.25, 0.3) is 5.56 Å². The minimum Gasteiger partial charge on any atom is -0.463 e. The van der Waals surface area contributed by atoms with Crippen LogP contribution >= 0.6 is 0 Å². The van der Waals surface area contributed by atoms with Crippen molar-refractivity contribution in [3.8, 4) is 0 Å². The molecule has 31 heavy (non-hydrogen) atoms. The first kappa shape index (κ1) is 22.7. The van der Waals surface area contributed by atoms with E-state index in [9.17, 15) is 31.9 Å². The highest BCUT2D eigenvalue weighted by Gasteiger charge is 2.38. The summed E-state index contributed by atoms with van der Waals surface area (Å²) < 4.78 is 68.8. The highest BCUT2D eigenvalue weighted by Crippen LogP contribution is 2.32. The van der Waals surface area contributed by atoms with Gasteiger partial charge in [0.05, 0.1) is 24.5 Å². The summed E-state index contributed by atoms with van der Waals surface area (Å²) in [4.78, 5) is 36.2. The number of esters is 1. The van der Waals surface area contributed by atoms with Crippen molar-refractivity contribution in [3.05, 3.63) is 68.2 Å². The van der Waals surface area contributed by atoms with Gasteiger partial charge in [-0.25, -0.2) is 4.79 Å². The van der Waals surface area contributed by atoms with Crippen molar-refractivity contribution in [2.24, 2.45) is 0 Å². The summed E-state index contributed by atoms with van der Waals surface area (Å²) in [6.45, 7) is 0.890. The van der Waals surface area contributed by atoms with Gasteiger partial charge < -0.3 is 14.2 Å². The summed E-state index contributed by atoms with van der Waals surface area (Å²) in [6, 6.07) is 4.37. The van der Waals surface area contributed by atoms with Crippen LogP contribution in [0.1, 0.15) is 30.7 Å². The van der Waals surface area contributed by atoms with E-state index in [0.717, 1.165) is 16.7 Å². The fourth-order valence-corrected chi connectivity index (χ4v) is 3.06. The Bertz CT molecular complexity index is 1050. The number of aromatic amines is 1. The van der Waals surface area contributed by atoms with Crippen molar-refractivity contribution in [3.63, 3.8) is 0 Å². The minimum atomic E-state index is -4.46. The van der Waals surface area contributed by atoms with E-state index in [0.29, 0.717) is 11.8 Å². The number of aromatic nitrogens is 2. The number of nitrogens with zero attached hydrogens (tertiary/aromatic N) is 1. The van der Waals surface area contributed by atoms with Gasteiger partial charge in [-0.05, 0) is 17.7 Å². The van der Waals surface area contributed by atoms with Crippen LogP contribution in [0.25, 0.3) is 0 Å². The molecule has 1 aromatic carbocycles. The Labute approximate surface area is 172 Å². The van der Waals surface area contributed by atoms with Gasteiger partial charge in [0.1, 0.15) is 18.9 Å². The van der Waals surface area contributed by atoms with E-state index in [-0.39, 0.29) is 19.6 Å². The van der Waals surface area contributed by atoms with Crippen LogP contribution in [-0.4, -0.2) is 34.3 Å². The Kier molecular flexibility index (Phi) is 6.60. The van der Waals surface area contributed by atoms with E-state index in [1.807, 2.05) is 4.98 Å². The van der Waals surface area contributed by atoms with Gasteiger partial charge in [-0.2, -0.15) is 17.6 Å². The topological polar surface area (TPSA) is 99.6 Å². The van der Waals surface area contributed by atoms with Crippen LogP contribution in [0.15, 0.2) is 40.1 Å². The van der Waals surface area contributed by atoms with E-state index in [1.165, 1.54) is 19.1 Å². The highest BCUT2D eigenvalue weighted by molar-refractivity contribution is 5.65. The van der Waals surface area contributed by atoms with Gasteiger partial charge in [0.2, 0.25) is 5.82 Å². The van der Waals surface area contributed by atoms with Crippen LogP contribution in [0.3, 0.4) is 0 Å². The zero-order valence-corrected chi connectivity index (χ0v) is 16.1. The second kappa shape index (κ2) is 9.02. The molecule has 0 saturated carbocycles. The van der Waals surface area contributed by atoms with Crippen molar-refractivity contribution in [1.82, 2.24) is 9.55 Å². The molecule has 1 aromatic heterocycles. The monoisotopic (exact) mass is 446 g/mol. The van der Waals surface area contributed by atoms with Crippen LogP contribution in [0, 0.1) is 5.82 Å². The number of ether oxygens (including phenoxy) is 3. The third-order valence-corrected chi connectivity index (χ3v) is 4.61. The lowest BCUT2D eigenvalue weighted by atomic mass is 10.1. The van der Waals surface area contributed by atoms with E-state index < -0.39 is 53.2 Å². The summed E-state index contributed by atoms with van der Waals surface area (Å²) in [5.74, 6) is -1.77. The number of alkyl halides is 3. The van der Waals surface area contributed by atoms with Gasteiger partial charge in [-0.3, -0.25) is 19.1 Å². The quantitative estimate of drug-likeness (QED) is 0.539. The standard InChI is InChI=1S/C19H18F4N2O6/c1-10(26)29-9-15-14(30-8-11-2-4-12(5-3-11)19(21,22)23)6-16(31-15)25-7-13(20)17(27)24-18(25)28/h2-5,7,14-16H,6,8-9H2,1H3,(H,24,27,28)/t14?,15-,16-/m0/s1. The van der Waals surface area contributed by atoms with Crippen molar-refractivity contribution in [2.75, 3.05) is 6.61 Å². The molecule has 1 aliphatic heterocycles. The number of H-pyrrole nitrogens is 1. The van der Waals surface area contributed by atoms with Gasteiger partial charge in [-0.15, -0.1) is 0 Å². The summed E-state index contributed by atoms with van der Waals surface area (Å²) in [5.41, 5.74) is -2.42. The van der Waals surface area contributed by atoms with Crippen LogP contribution in [0.5, 0.6) is 0 Å². The third kappa shape index (κ3) is 5.58. The Morgan fingerprint density at radius 1 is 1.26 bits per heavy atom. The van der Waals surface area contributed by atoms with Crippen molar-refractivity contribution < 1.29 is 36.6 Å². The maximum Gasteiger partial charge on any atom is 0.416 e. The molecule has 0 aliphatic carbocycles.